The van der Waals surface area contributed by atoms with Gasteiger partial charge in [-0.2, -0.15) is 0 Å². The van der Waals surface area contributed by atoms with Crippen molar-refractivity contribution in [1.82, 2.24) is 10.4 Å². The zero-order valence-electron chi connectivity index (χ0n) is 15.2. The lowest BCUT2D eigenvalue weighted by molar-refractivity contribution is 0.0122. The van der Waals surface area contributed by atoms with Crippen molar-refractivity contribution in [3.05, 3.63) is 35.9 Å². The summed E-state index contributed by atoms with van der Waals surface area (Å²) in [6, 6.07) is 8.09. The lowest BCUT2D eigenvalue weighted by atomic mass is 10.1. The van der Waals surface area contributed by atoms with Crippen LogP contribution in [0.2, 0.25) is 0 Å². The van der Waals surface area contributed by atoms with Gasteiger partial charge in [0.1, 0.15) is 17.1 Å². The number of carboxylic acids is 1. The van der Waals surface area contributed by atoms with E-state index in [4.69, 9.17) is 14.6 Å². The lowest BCUT2D eigenvalue weighted by Gasteiger charge is -2.26. The summed E-state index contributed by atoms with van der Waals surface area (Å²) in [4.78, 5) is 10.8. The molecule has 3 rings (SSSR count). The molecule has 0 spiro atoms. The molecule has 3 N–H and O–H groups in total. The van der Waals surface area contributed by atoms with Crippen LogP contribution in [-0.4, -0.2) is 61.1 Å². The van der Waals surface area contributed by atoms with Gasteiger partial charge in [0, 0.05) is 19.6 Å². The number of hydrogen-bond acceptors (Lipinski definition) is 6. The van der Waals surface area contributed by atoms with Gasteiger partial charge in [0.15, 0.2) is 0 Å². The molecule has 0 aliphatic carbocycles. The summed E-state index contributed by atoms with van der Waals surface area (Å²) >= 11 is 0. The molecular formula is C19H26N2O5. The third-order valence-corrected chi connectivity index (χ3v) is 3.99. The summed E-state index contributed by atoms with van der Waals surface area (Å²) < 4.78 is 10.2. The minimum Gasteiger partial charge on any atom is -0.507 e. The van der Waals surface area contributed by atoms with Gasteiger partial charge >= 0.3 is 5.97 Å². The van der Waals surface area contributed by atoms with E-state index in [9.17, 15) is 9.90 Å². The number of rotatable bonds is 5. The molecule has 0 saturated carbocycles. The Balaban J connectivity index is 0.000000209. The highest BCUT2D eigenvalue weighted by atomic mass is 16.5. The van der Waals surface area contributed by atoms with E-state index in [1.165, 1.54) is 18.6 Å². The first-order chi connectivity index (χ1) is 12.5. The molecule has 1 aliphatic rings. The fourth-order valence-electron chi connectivity index (χ4n) is 2.55. The third-order valence-electron chi connectivity index (χ3n) is 3.99. The van der Waals surface area contributed by atoms with Crippen molar-refractivity contribution >= 4 is 16.7 Å². The number of carbonyl (C=O) groups is 1. The van der Waals surface area contributed by atoms with Gasteiger partial charge < -0.3 is 19.7 Å². The quantitative estimate of drug-likeness (QED) is 0.753. The molecule has 7 heteroatoms. The van der Waals surface area contributed by atoms with E-state index in [-0.39, 0.29) is 11.3 Å². The van der Waals surface area contributed by atoms with Crippen LogP contribution < -0.4 is 10.2 Å². The van der Waals surface area contributed by atoms with Gasteiger partial charge in [0.05, 0.1) is 20.3 Å². The van der Waals surface area contributed by atoms with E-state index >= 15 is 0 Å². The number of nitrogens with one attached hydrogen (secondary N) is 1. The average molecular weight is 362 g/mol. The molecule has 2 aromatic carbocycles. The maximum atomic E-state index is 10.8. The number of phenols is 1. The Morgan fingerprint density at radius 2 is 1.96 bits per heavy atom. The Hall–Kier alpha value is -2.35. The summed E-state index contributed by atoms with van der Waals surface area (Å²) in [6.45, 7) is 7.06. The zero-order chi connectivity index (χ0) is 18.9. The van der Waals surface area contributed by atoms with Gasteiger partial charge in [-0.3, -0.25) is 5.43 Å². The number of ether oxygens (including phenoxy) is 2. The van der Waals surface area contributed by atoms with Crippen molar-refractivity contribution in [2.24, 2.45) is 0 Å². The number of benzene rings is 2. The molecule has 2 aromatic rings. The lowest BCUT2D eigenvalue weighted by Crippen LogP contribution is -2.45. The van der Waals surface area contributed by atoms with Gasteiger partial charge in [0.25, 0.3) is 0 Å². The monoisotopic (exact) mass is 362 g/mol. The van der Waals surface area contributed by atoms with Crippen molar-refractivity contribution in [2.45, 2.75) is 13.3 Å². The number of hydrazine groups is 1. The van der Waals surface area contributed by atoms with Crippen molar-refractivity contribution in [3.8, 4) is 11.5 Å². The second-order valence-corrected chi connectivity index (χ2v) is 5.90. The molecule has 1 fully saturated rings. The predicted molar refractivity (Wildman–Crippen MR) is 99.8 cm³/mol. The predicted octanol–water partition coefficient (Wildman–Crippen LogP) is 2.49. The van der Waals surface area contributed by atoms with Gasteiger partial charge in [-0.25, -0.2) is 9.80 Å². The van der Waals surface area contributed by atoms with Crippen LogP contribution in [0.1, 0.15) is 23.7 Å². The Morgan fingerprint density at radius 3 is 2.58 bits per heavy atom. The number of hydrogen-bond donors (Lipinski definition) is 3. The molecule has 7 nitrogen and oxygen atoms in total. The summed E-state index contributed by atoms with van der Waals surface area (Å²) in [6.07, 6.45) is 1.19. The SMILES string of the molecule is CCCNN1CCOCC1.COc1ccc2cc(O)c(C(=O)O)cc2c1. The molecule has 1 saturated heterocycles. The number of morpholine rings is 1. The van der Waals surface area contributed by atoms with E-state index in [0.29, 0.717) is 5.75 Å². The molecule has 0 amide bonds. The molecule has 1 aliphatic heterocycles. The standard InChI is InChI=1S/C12H10O4.C7H16N2O/c1-16-9-3-2-7-6-11(13)10(12(14)15)5-8(7)4-9;1-2-3-8-9-4-6-10-7-5-9/h2-6,13H,1H3,(H,14,15);8H,2-7H2,1H3. The fraction of sp³-hybridized carbons (Fsp3) is 0.421. The van der Waals surface area contributed by atoms with Crippen LogP contribution in [0.25, 0.3) is 10.8 Å². The minimum atomic E-state index is -1.15. The second kappa shape index (κ2) is 9.96. The van der Waals surface area contributed by atoms with Crippen LogP contribution in [0.5, 0.6) is 11.5 Å². The van der Waals surface area contributed by atoms with Crippen molar-refractivity contribution in [3.63, 3.8) is 0 Å². The topological polar surface area (TPSA) is 91.3 Å². The zero-order valence-corrected chi connectivity index (χ0v) is 15.2. The smallest absolute Gasteiger partial charge is 0.339 e. The van der Waals surface area contributed by atoms with Crippen molar-refractivity contribution < 1.29 is 24.5 Å². The van der Waals surface area contributed by atoms with Crippen molar-refractivity contribution in [1.29, 1.82) is 0 Å². The van der Waals surface area contributed by atoms with Crippen LogP contribution in [0, 0.1) is 0 Å². The molecule has 26 heavy (non-hydrogen) atoms. The van der Waals surface area contributed by atoms with Gasteiger partial charge in [0.2, 0.25) is 0 Å². The van der Waals surface area contributed by atoms with Crippen molar-refractivity contribution in [2.75, 3.05) is 40.0 Å². The van der Waals surface area contributed by atoms with Gasteiger partial charge in [-0.1, -0.05) is 13.0 Å². The van der Waals surface area contributed by atoms with Crippen LogP contribution in [0.15, 0.2) is 30.3 Å². The maximum absolute atomic E-state index is 10.8. The molecule has 0 unspecified atom stereocenters. The molecule has 0 aromatic heterocycles. The van der Waals surface area contributed by atoms with E-state index in [0.717, 1.165) is 43.6 Å². The Bertz CT molecular complexity index is 729. The molecule has 0 radical (unpaired) electrons. The first-order valence-corrected chi connectivity index (χ1v) is 8.65. The van der Waals surface area contributed by atoms with Gasteiger partial charge in [-0.15, -0.1) is 0 Å². The molecular weight excluding hydrogens is 336 g/mol. The molecule has 0 atom stereocenters. The highest BCUT2D eigenvalue weighted by molar-refractivity contribution is 5.97. The van der Waals surface area contributed by atoms with Crippen LogP contribution in [-0.2, 0) is 4.74 Å². The second-order valence-electron chi connectivity index (χ2n) is 5.90. The van der Waals surface area contributed by atoms with Gasteiger partial charge in [-0.05, 0) is 41.5 Å². The first kappa shape index (κ1) is 20.0. The number of methoxy groups -OCH3 is 1. The van der Waals surface area contributed by atoms with E-state index < -0.39 is 5.97 Å². The highest BCUT2D eigenvalue weighted by Crippen LogP contribution is 2.27. The Kier molecular flexibility index (Phi) is 7.65. The largest absolute Gasteiger partial charge is 0.507 e. The Labute approximate surface area is 153 Å². The third kappa shape index (κ3) is 5.59. The summed E-state index contributed by atoms with van der Waals surface area (Å²) in [7, 11) is 1.54. The van der Waals surface area contributed by atoms with E-state index in [2.05, 4.69) is 17.4 Å². The summed E-state index contributed by atoms with van der Waals surface area (Å²) in [5, 5.41) is 22.1. The minimum absolute atomic E-state index is 0.110. The average Bonchev–Trinajstić information content (AvgIpc) is 2.66. The maximum Gasteiger partial charge on any atom is 0.339 e. The van der Waals surface area contributed by atoms with Crippen LogP contribution in [0.3, 0.4) is 0 Å². The normalized spacial score (nSPS) is 14.5. The molecule has 0 bridgehead atoms. The summed E-state index contributed by atoms with van der Waals surface area (Å²) in [5.74, 6) is -0.734. The number of nitrogens with zero attached hydrogens (tertiary/aromatic N) is 1. The molecule has 142 valence electrons. The number of carboxylic acid groups (broad SMARTS) is 1. The molecule has 1 heterocycles. The van der Waals surface area contributed by atoms with E-state index in [1.807, 2.05) is 0 Å². The van der Waals surface area contributed by atoms with Crippen LogP contribution >= 0.6 is 0 Å². The fourth-order valence-corrected chi connectivity index (χ4v) is 2.55. The van der Waals surface area contributed by atoms with E-state index in [1.54, 1.807) is 25.3 Å². The number of fused-ring (bicyclic) bond motifs is 1. The Morgan fingerprint density at radius 1 is 1.23 bits per heavy atom. The number of aromatic carboxylic acids is 1. The highest BCUT2D eigenvalue weighted by Gasteiger charge is 2.11. The first-order valence-electron chi connectivity index (χ1n) is 8.65. The van der Waals surface area contributed by atoms with Crippen LogP contribution in [0.4, 0.5) is 0 Å². The number of aromatic hydroxyl groups is 1. The summed E-state index contributed by atoms with van der Waals surface area (Å²) in [5.41, 5.74) is 3.21.